The van der Waals surface area contributed by atoms with Crippen molar-refractivity contribution in [3.8, 4) is 22.1 Å². The summed E-state index contributed by atoms with van der Waals surface area (Å²) >= 11 is 1.36. The highest BCUT2D eigenvalue weighted by Gasteiger charge is 2.12. The zero-order valence-electron chi connectivity index (χ0n) is 13.9. The molecule has 0 unspecified atom stereocenters. The van der Waals surface area contributed by atoms with Crippen LogP contribution in [0.4, 0.5) is 4.39 Å². The molecule has 0 amide bonds. The molecule has 0 fully saturated rings. The molecular weight excluding hydrogens is 357 g/mol. The summed E-state index contributed by atoms with van der Waals surface area (Å²) < 4.78 is 24.7. The summed E-state index contributed by atoms with van der Waals surface area (Å²) in [5, 5.41) is 11.3. The second-order valence-electron chi connectivity index (χ2n) is 5.46. The molecule has 134 valence electrons. The summed E-state index contributed by atoms with van der Waals surface area (Å²) in [6.07, 6.45) is -0.114. The zero-order valence-corrected chi connectivity index (χ0v) is 14.8. The fraction of sp³-hybridized carbons (Fsp3) is 0.158. The zero-order chi connectivity index (χ0) is 18.5. The standard InChI is InChI=1S/C19H16FNO4S/c1-24-17-8-12(19-21-14(11-26-19)9-18(22)23)6-7-16(17)25-10-13-4-2-3-5-15(13)20/h2-8,11H,9-10H2,1H3,(H,22,23). The van der Waals surface area contributed by atoms with Crippen molar-refractivity contribution in [1.29, 1.82) is 0 Å². The Kier molecular flexibility index (Phi) is 5.48. The maximum absolute atomic E-state index is 13.7. The number of thiazole rings is 1. The predicted octanol–water partition coefficient (Wildman–Crippen LogP) is 4.16. The third-order valence-corrected chi connectivity index (χ3v) is 4.58. The Morgan fingerprint density at radius 1 is 1.23 bits per heavy atom. The van der Waals surface area contributed by atoms with Gasteiger partial charge in [0.1, 0.15) is 17.4 Å². The largest absolute Gasteiger partial charge is 0.493 e. The Balaban J connectivity index is 1.78. The van der Waals surface area contributed by atoms with Gasteiger partial charge in [0, 0.05) is 16.5 Å². The first-order valence-electron chi connectivity index (χ1n) is 7.77. The Morgan fingerprint density at radius 3 is 2.77 bits per heavy atom. The smallest absolute Gasteiger partial charge is 0.309 e. The second-order valence-corrected chi connectivity index (χ2v) is 6.32. The first kappa shape index (κ1) is 17.9. The van der Waals surface area contributed by atoms with Gasteiger partial charge in [0.05, 0.1) is 19.2 Å². The minimum atomic E-state index is -0.920. The maximum Gasteiger partial charge on any atom is 0.309 e. The van der Waals surface area contributed by atoms with E-state index in [1.165, 1.54) is 24.5 Å². The van der Waals surface area contributed by atoms with Crippen LogP contribution in [0.25, 0.3) is 10.6 Å². The number of carboxylic acid groups (broad SMARTS) is 1. The molecule has 0 bridgehead atoms. The molecular formula is C19H16FNO4S. The lowest BCUT2D eigenvalue weighted by molar-refractivity contribution is -0.136. The van der Waals surface area contributed by atoms with Crippen molar-refractivity contribution in [3.05, 3.63) is 64.9 Å². The monoisotopic (exact) mass is 373 g/mol. The molecule has 0 spiro atoms. The molecule has 1 aromatic heterocycles. The summed E-state index contributed by atoms with van der Waals surface area (Å²) in [6, 6.07) is 11.7. The van der Waals surface area contributed by atoms with E-state index in [-0.39, 0.29) is 18.8 Å². The van der Waals surface area contributed by atoms with E-state index in [9.17, 15) is 9.18 Å². The van der Waals surface area contributed by atoms with E-state index in [1.54, 1.807) is 35.7 Å². The van der Waals surface area contributed by atoms with Crippen LogP contribution in [-0.4, -0.2) is 23.2 Å². The number of hydrogen-bond acceptors (Lipinski definition) is 5. The summed E-state index contributed by atoms with van der Waals surface area (Å²) in [4.78, 5) is 15.1. The third-order valence-electron chi connectivity index (χ3n) is 3.64. The van der Waals surface area contributed by atoms with Gasteiger partial charge in [-0.25, -0.2) is 9.37 Å². The molecule has 5 nitrogen and oxygen atoms in total. The van der Waals surface area contributed by atoms with Gasteiger partial charge in [0.15, 0.2) is 11.5 Å². The number of hydrogen-bond donors (Lipinski definition) is 1. The molecule has 7 heteroatoms. The van der Waals surface area contributed by atoms with Crippen molar-refractivity contribution in [2.75, 3.05) is 7.11 Å². The number of halogens is 1. The molecule has 0 aliphatic carbocycles. The van der Waals surface area contributed by atoms with Crippen molar-refractivity contribution < 1.29 is 23.8 Å². The Bertz CT molecular complexity index is 925. The fourth-order valence-electron chi connectivity index (χ4n) is 2.37. The van der Waals surface area contributed by atoms with E-state index < -0.39 is 5.97 Å². The first-order valence-corrected chi connectivity index (χ1v) is 8.65. The first-order chi connectivity index (χ1) is 12.6. The topological polar surface area (TPSA) is 68.7 Å². The SMILES string of the molecule is COc1cc(-c2nc(CC(=O)O)cs2)ccc1OCc1ccccc1F. The number of carboxylic acids is 1. The minimum Gasteiger partial charge on any atom is -0.493 e. The van der Waals surface area contributed by atoms with E-state index in [1.807, 2.05) is 6.07 Å². The van der Waals surface area contributed by atoms with Gasteiger partial charge in [0.25, 0.3) is 0 Å². The van der Waals surface area contributed by atoms with Crippen LogP contribution in [0.15, 0.2) is 47.8 Å². The van der Waals surface area contributed by atoms with Gasteiger partial charge < -0.3 is 14.6 Å². The van der Waals surface area contributed by atoms with Crippen LogP contribution in [0.3, 0.4) is 0 Å². The molecule has 26 heavy (non-hydrogen) atoms. The van der Waals surface area contributed by atoms with Gasteiger partial charge in [-0.1, -0.05) is 18.2 Å². The average Bonchev–Trinajstić information content (AvgIpc) is 3.08. The highest BCUT2D eigenvalue weighted by atomic mass is 32.1. The van der Waals surface area contributed by atoms with Crippen molar-refractivity contribution in [3.63, 3.8) is 0 Å². The van der Waals surface area contributed by atoms with Gasteiger partial charge in [-0.2, -0.15) is 0 Å². The molecule has 3 aromatic rings. The number of benzene rings is 2. The fourth-order valence-corrected chi connectivity index (χ4v) is 3.18. The van der Waals surface area contributed by atoms with E-state index in [0.29, 0.717) is 27.8 Å². The van der Waals surface area contributed by atoms with Gasteiger partial charge in [-0.15, -0.1) is 11.3 Å². The van der Waals surface area contributed by atoms with Gasteiger partial charge in [0.2, 0.25) is 0 Å². The van der Waals surface area contributed by atoms with Gasteiger partial charge in [-0.3, -0.25) is 4.79 Å². The van der Waals surface area contributed by atoms with E-state index in [4.69, 9.17) is 14.6 Å². The highest BCUT2D eigenvalue weighted by Crippen LogP contribution is 2.34. The maximum atomic E-state index is 13.7. The molecule has 0 saturated carbocycles. The number of aromatic nitrogens is 1. The van der Waals surface area contributed by atoms with Crippen LogP contribution >= 0.6 is 11.3 Å². The minimum absolute atomic E-state index is 0.0857. The third kappa shape index (κ3) is 4.18. The van der Waals surface area contributed by atoms with Crippen LogP contribution in [0.1, 0.15) is 11.3 Å². The van der Waals surface area contributed by atoms with Crippen molar-refractivity contribution in [2.24, 2.45) is 0 Å². The van der Waals surface area contributed by atoms with E-state index in [0.717, 1.165) is 5.56 Å². The Hall–Kier alpha value is -2.93. The molecule has 2 aromatic carbocycles. The van der Waals surface area contributed by atoms with Crippen molar-refractivity contribution >= 4 is 17.3 Å². The molecule has 1 N–H and O–H groups in total. The predicted molar refractivity (Wildman–Crippen MR) is 96.2 cm³/mol. The summed E-state index contributed by atoms with van der Waals surface area (Å²) in [7, 11) is 1.52. The number of aliphatic carboxylic acids is 1. The van der Waals surface area contributed by atoms with Crippen LogP contribution in [0.5, 0.6) is 11.5 Å². The highest BCUT2D eigenvalue weighted by molar-refractivity contribution is 7.13. The number of carbonyl (C=O) groups is 1. The Morgan fingerprint density at radius 2 is 2.04 bits per heavy atom. The molecule has 0 saturated heterocycles. The van der Waals surface area contributed by atoms with Crippen LogP contribution in [0, 0.1) is 5.82 Å². The molecule has 3 rings (SSSR count). The Labute approximate surface area is 153 Å². The molecule has 0 aliphatic rings. The summed E-state index contributed by atoms with van der Waals surface area (Å²) in [5.74, 6) is -0.260. The van der Waals surface area contributed by atoms with E-state index in [2.05, 4.69) is 4.98 Å². The average molecular weight is 373 g/mol. The van der Waals surface area contributed by atoms with E-state index >= 15 is 0 Å². The molecule has 1 heterocycles. The number of methoxy groups -OCH3 is 1. The van der Waals surface area contributed by atoms with Crippen LogP contribution < -0.4 is 9.47 Å². The lowest BCUT2D eigenvalue weighted by atomic mass is 10.2. The summed E-state index contributed by atoms with van der Waals surface area (Å²) in [5.41, 5.74) is 1.76. The summed E-state index contributed by atoms with van der Waals surface area (Å²) in [6.45, 7) is 0.0857. The van der Waals surface area contributed by atoms with Crippen LogP contribution in [-0.2, 0) is 17.8 Å². The number of rotatable bonds is 7. The molecule has 0 radical (unpaired) electrons. The van der Waals surface area contributed by atoms with Crippen molar-refractivity contribution in [2.45, 2.75) is 13.0 Å². The quantitative estimate of drug-likeness (QED) is 0.673. The lowest BCUT2D eigenvalue weighted by Crippen LogP contribution is -2.00. The van der Waals surface area contributed by atoms with Gasteiger partial charge >= 0.3 is 5.97 Å². The number of ether oxygens (including phenoxy) is 2. The van der Waals surface area contributed by atoms with Crippen LogP contribution in [0.2, 0.25) is 0 Å². The second kappa shape index (κ2) is 7.97. The lowest BCUT2D eigenvalue weighted by Gasteiger charge is -2.12. The molecule has 0 atom stereocenters. The normalized spacial score (nSPS) is 10.5. The van der Waals surface area contributed by atoms with Gasteiger partial charge in [-0.05, 0) is 24.3 Å². The molecule has 0 aliphatic heterocycles. The number of nitrogens with zero attached hydrogens (tertiary/aromatic N) is 1. The van der Waals surface area contributed by atoms with Crippen molar-refractivity contribution in [1.82, 2.24) is 4.98 Å².